The number of anilines is 1. The lowest BCUT2D eigenvalue weighted by atomic mass is 10.1. The molecule has 0 unspecified atom stereocenters. The summed E-state index contributed by atoms with van der Waals surface area (Å²) >= 11 is 0. The van der Waals surface area contributed by atoms with Crippen LogP contribution in [0.25, 0.3) is 5.70 Å². The van der Waals surface area contributed by atoms with Crippen LogP contribution in [0, 0.1) is 5.82 Å². The predicted octanol–water partition coefficient (Wildman–Crippen LogP) is 1.69. The zero-order chi connectivity index (χ0) is 17.9. The van der Waals surface area contributed by atoms with E-state index in [1.165, 1.54) is 12.1 Å². The fraction of sp³-hybridized carbons (Fsp3) is 0.118. The summed E-state index contributed by atoms with van der Waals surface area (Å²) in [6, 6.07) is 12.7. The van der Waals surface area contributed by atoms with Gasteiger partial charge in [-0.05, 0) is 36.4 Å². The second-order valence-electron chi connectivity index (χ2n) is 5.43. The van der Waals surface area contributed by atoms with Gasteiger partial charge in [-0.25, -0.2) is 12.8 Å². The standard InChI is InChI=1S/C17H16FN3O3S/c18-12-6-7-16-14(10-12)15(8-9-25(16,23)24)20-21-17(22)11-19-13-4-2-1-3-5-13/h1-8,10,19-20H,9,11H2,(H,21,22). The van der Waals surface area contributed by atoms with E-state index in [0.29, 0.717) is 5.70 Å². The third kappa shape index (κ3) is 3.97. The minimum Gasteiger partial charge on any atom is -0.376 e. The Morgan fingerprint density at radius 2 is 1.88 bits per heavy atom. The summed E-state index contributed by atoms with van der Waals surface area (Å²) in [6.45, 7) is 0.0264. The van der Waals surface area contributed by atoms with E-state index in [1.807, 2.05) is 30.3 Å². The summed E-state index contributed by atoms with van der Waals surface area (Å²) < 4.78 is 37.6. The maximum Gasteiger partial charge on any atom is 0.257 e. The average molecular weight is 361 g/mol. The van der Waals surface area contributed by atoms with Crippen LogP contribution in [0.3, 0.4) is 0 Å². The third-order valence-corrected chi connectivity index (χ3v) is 5.27. The molecule has 130 valence electrons. The Balaban J connectivity index is 1.65. The largest absolute Gasteiger partial charge is 0.376 e. The van der Waals surface area contributed by atoms with Crippen LogP contribution < -0.4 is 16.2 Å². The Labute approximate surface area is 144 Å². The van der Waals surface area contributed by atoms with E-state index in [0.717, 1.165) is 17.8 Å². The molecule has 3 rings (SSSR count). The van der Waals surface area contributed by atoms with Crippen molar-refractivity contribution in [1.82, 2.24) is 10.9 Å². The number of hydrogen-bond donors (Lipinski definition) is 3. The Morgan fingerprint density at radius 3 is 2.64 bits per heavy atom. The second kappa shape index (κ2) is 6.94. The van der Waals surface area contributed by atoms with Gasteiger partial charge in [-0.3, -0.25) is 15.6 Å². The molecule has 1 heterocycles. The first-order chi connectivity index (χ1) is 12.0. The van der Waals surface area contributed by atoms with Gasteiger partial charge < -0.3 is 5.32 Å². The molecule has 25 heavy (non-hydrogen) atoms. The monoisotopic (exact) mass is 361 g/mol. The van der Waals surface area contributed by atoms with Crippen LogP contribution in [0.15, 0.2) is 59.5 Å². The van der Waals surface area contributed by atoms with Gasteiger partial charge in [0.15, 0.2) is 9.84 Å². The van der Waals surface area contributed by atoms with Crippen molar-refractivity contribution in [1.29, 1.82) is 0 Å². The topological polar surface area (TPSA) is 87.3 Å². The molecule has 0 saturated heterocycles. The van der Waals surface area contributed by atoms with Crippen LogP contribution >= 0.6 is 0 Å². The van der Waals surface area contributed by atoms with Crippen LogP contribution in [-0.2, 0) is 14.6 Å². The number of nitrogens with one attached hydrogen (secondary N) is 3. The molecule has 6 nitrogen and oxygen atoms in total. The Bertz CT molecular complexity index is 927. The molecule has 0 bridgehead atoms. The molecule has 0 fully saturated rings. The minimum absolute atomic E-state index is 0.0264. The van der Waals surface area contributed by atoms with Crippen molar-refractivity contribution in [3.05, 3.63) is 66.0 Å². The molecule has 8 heteroatoms. The van der Waals surface area contributed by atoms with Crippen LogP contribution in [0.4, 0.5) is 10.1 Å². The summed E-state index contributed by atoms with van der Waals surface area (Å²) in [4.78, 5) is 11.9. The first-order valence-electron chi connectivity index (χ1n) is 7.52. The Hall–Kier alpha value is -2.87. The van der Waals surface area contributed by atoms with Gasteiger partial charge >= 0.3 is 0 Å². The van der Waals surface area contributed by atoms with Crippen molar-refractivity contribution in [3.8, 4) is 0 Å². The summed E-state index contributed by atoms with van der Waals surface area (Å²) in [6.07, 6.45) is 1.40. The Kier molecular flexibility index (Phi) is 4.71. The van der Waals surface area contributed by atoms with Crippen molar-refractivity contribution in [3.63, 3.8) is 0 Å². The molecule has 0 saturated carbocycles. The number of hydrazine groups is 1. The maximum absolute atomic E-state index is 13.5. The molecular weight excluding hydrogens is 345 g/mol. The molecule has 0 radical (unpaired) electrons. The molecule has 1 aliphatic heterocycles. The molecule has 0 spiro atoms. The summed E-state index contributed by atoms with van der Waals surface area (Å²) in [5.41, 5.74) is 6.48. The quantitative estimate of drug-likeness (QED) is 0.557. The highest BCUT2D eigenvalue weighted by molar-refractivity contribution is 7.91. The molecule has 2 aromatic carbocycles. The number of hydrogen-bond acceptors (Lipinski definition) is 5. The number of sulfone groups is 1. The first kappa shape index (κ1) is 17.0. The van der Waals surface area contributed by atoms with Gasteiger partial charge in [-0.2, -0.15) is 0 Å². The average Bonchev–Trinajstić information content (AvgIpc) is 2.60. The molecule has 1 aliphatic rings. The predicted molar refractivity (Wildman–Crippen MR) is 92.6 cm³/mol. The molecule has 1 amide bonds. The lowest BCUT2D eigenvalue weighted by Gasteiger charge is -2.20. The van der Waals surface area contributed by atoms with E-state index in [4.69, 9.17) is 0 Å². The van der Waals surface area contributed by atoms with Gasteiger partial charge in [0, 0.05) is 11.3 Å². The number of fused-ring (bicyclic) bond motifs is 1. The maximum atomic E-state index is 13.5. The van der Waals surface area contributed by atoms with Crippen molar-refractivity contribution in [2.75, 3.05) is 17.6 Å². The number of amides is 1. The van der Waals surface area contributed by atoms with E-state index in [2.05, 4.69) is 16.2 Å². The molecule has 0 atom stereocenters. The number of para-hydroxylation sites is 1. The molecule has 0 aromatic heterocycles. The normalized spacial score (nSPS) is 14.8. The highest BCUT2D eigenvalue weighted by Crippen LogP contribution is 2.28. The van der Waals surface area contributed by atoms with Crippen molar-refractivity contribution in [2.24, 2.45) is 0 Å². The van der Waals surface area contributed by atoms with Crippen LogP contribution in [0.2, 0.25) is 0 Å². The lowest BCUT2D eigenvalue weighted by Crippen LogP contribution is -2.40. The van der Waals surface area contributed by atoms with Gasteiger partial charge in [-0.15, -0.1) is 0 Å². The van der Waals surface area contributed by atoms with Crippen molar-refractivity contribution in [2.45, 2.75) is 4.90 Å². The molecule has 2 aromatic rings. The SMILES string of the molecule is O=C(CNc1ccccc1)NNC1=CCS(=O)(=O)c2ccc(F)cc21. The third-order valence-electron chi connectivity index (χ3n) is 3.64. The first-order valence-corrected chi connectivity index (χ1v) is 9.17. The zero-order valence-corrected chi connectivity index (χ0v) is 13.9. The van der Waals surface area contributed by atoms with E-state index in [9.17, 15) is 17.6 Å². The number of carbonyl (C=O) groups is 1. The number of benzene rings is 2. The van der Waals surface area contributed by atoms with Gasteiger partial charge in [0.25, 0.3) is 5.91 Å². The fourth-order valence-corrected chi connectivity index (χ4v) is 3.76. The summed E-state index contributed by atoms with van der Waals surface area (Å²) in [5.74, 6) is -1.12. The number of halogens is 1. The smallest absolute Gasteiger partial charge is 0.257 e. The van der Waals surface area contributed by atoms with Crippen LogP contribution in [0.5, 0.6) is 0 Å². The highest BCUT2D eigenvalue weighted by atomic mass is 32.2. The summed E-state index contributed by atoms with van der Waals surface area (Å²) in [5, 5.41) is 2.95. The fourth-order valence-electron chi connectivity index (χ4n) is 2.41. The highest BCUT2D eigenvalue weighted by Gasteiger charge is 2.25. The van der Waals surface area contributed by atoms with E-state index in [-0.39, 0.29) is 28.7 Å². The van der Waals surface area contributed by atoms with Gasteiger partial charge in [0.1, 0.15) is 5.82 Å². The number of carbonyl (C=O) groups excluding carboxylic acids is 1. The van der Waals surface area contributed by atoms with E-state index in [1.54, 1.807) is 0 Å². The van der Waals surface area contributed by atoms with Gasteiger partial charge in [-0.1, -0.05) is 18.2 Å². The number of rotatable bonds is 5. The van der Waals surface area contributed by atoms with Crippen molar-refractivity contribution < 1.29 is 17.6 Å². The van der Waals surface area contributed by atoms with E-state index >= 15 is 0 Å². The Morgan fingerprint density at radius 1 is 1.12 bits per heavy atom. The second-order valence-corrected chi connectivity index (χ2v) is 7.44. The zero-order valence-electron chi connectivity index (χ0n) is 13.1. The van der Waals surface area contributed by atoms with Crippen molar-refractivity contribution >= 4 is 27.1 Å². The lowest BCUT2D eigenvalue weighted by molar-refractivity contribution is -0.120. The van der Waals surface area contributed by atoms with Gasteiger partial charge in [0.05, 0.1) is 22.9 Å². The minimum atomic E-state index is -3.48. The molecule has 0 aliphatic carbocycles. The summed E-state index contributed by atoms with van der Waals surface area (Å²) in [7, 11) is -3.48. The van der Waals surface area contributed by atoms with Gasteiger partial charge in [0.2, 0.25) is 0 Å². The molecule has 3 N–H and O–H groups in total. The van der Waals surface area contributed by atoms with E-state index < -0.39 is 15.7 Å². The molecular formula is C17H16FN3O3S. The van der Waals surface area contributed by atoms with Crippen LogP contribution in [0.1, 0.15) is 5.56 Å². The van der Waals surface area contributed by atoms with Crippen LogP contribution in [-0.4, -0.2) is 26.6 Å².